The van der Waals surface area contributed by atoms with Gasteiger partial charge in [0.1, 0.15) is 5.82 Å². The molecule has 0 radical (unpaired) electrons. The van der Waals surface area contributed by atoms with Crippen LogP contribution in [0.25, 0.3) is 0 Å². The van der Waals surface area contributed by atoms with Crippen molar-refractivity contribution in [2.24, 2.45) is 4.99 Å². The van der Waals surface area contributed by atoms with Crippen molar-refractivity contribution in [2.75, 3.05) is 24.5 Å². The Morgan fingerprint density at radius 3 is 2.58 bits per heavy atom. The van der Waals surface area contributed by atoms with Gasteiger partial charge in [0.05, 0.1) is 13.1 Å². The number of nitrogens with one attached hydrogen (secondary N) is 2. The normalized spacial score (nSPS) is 14.7. The van der Waals surface area contributed by atoms with E-state index < -0.39 is 0 Å². The number of hydrogen-bond acceptors (Lipinski definition) is 4. The van der Waals surface area contributed by atoms with E-state index in [1.807, 2.05) is 17.5 Å². The van der Waals surface area contributed by atoms with Crippen molar-refractivity contribution in [2.45, 2.75) is 46.2 Å². The lowest BCUT2D eigenvalue weighted by Crippen LogP contribution is -2.36. The summed E-state index contributed by atoms with van der Waals surface area (Å²) in [6.07, 6.45) is 5.59. The molecule has 26 heavy (non-hydrogen) atoms. The Kier molecular flexibility index (Phi) is 6.89. The quantitative estimate of drug-likeness (QED) is 0.577. The van der Waals surface area contributed by atoms with Crippen LogP contribution in [0, 0.1) is 0 Å². The SMILES string of the molecule is CCNC(=NCc1ccc(N2CCCC2)nc1)NCc1ccc(CC)s1. The monoisotopic (exact) mass is 371 g/mol. The van der Waals surface area contributed by atoms with E-state index in [0.29, 0.717) is 6.54 Å². The molecule has 0 atom stereocenters. The van der Waals surface area contributed by atoms with Crippen molar-refractivity contribution >= 4 is 23.1 Å². The van der Waals surface area contributed by atoms with E-state index in [1.54, 1.807) is 0 Å². The van der Waals surface area contributed by atoms with Crippen LogP contribution in [0.1, 0.15) is 42.0 Å². The van der Waals surface area contributed by atoms with Crippen LogP contribution in [0.5, 0.6) is 0 Å². The molecule has 1 fully saturated rings. The number of aryl methyl sites for hydroxylation is 1. The summed E-state index contributed by atoms with van der Waals surface area (Å²) in [4.78, 5) is 14.4. The molecule has 0 saturated carbocycles. The minimum absolute atomic E-state index is 0.632. The molecule has 2 aromatic heterocycles. The molecule has 140 valence electrons. The van der Waals surface area contributed by atoms with Crippen LogP contribution >= 0.6 is 11.3 Å². The van der Waals surface area contributed by atoms with E-state index in [2.05, 4.69) is 58.6 Å². The molecule has 0 bridgehead atoms. The summed E-state index contributed by atoms with van der Waals surface area (Å²) in [5.74, 6) is 1.94. The molecule has 1 saturated heterocycles. The highest BCUT2D eigenvalue weighted by Crippen LogP contribution is 2.18. The van der Waals surface area contributed by atoms with Crippen molar-refractivity contribution in [3.63, 3.8) is 0 Å². The molecular weight excluding hydrogens is 342 g/mol. The van der Waals surface area contributed by atoms with Crippen LogP contribution in [0.4, 0.5) is 5.82 Å². The number of nitrogens with zero attached hydrogens (tertiary/aromatic N) is 3. The van der Waals surface area contributed by atoms with Crippen LogP contribution in [0.3, 0.4) is 0 Å². The average Bonchev–Trinajstić information content (AvgIpc) is 3.36. The first-order valence-corrected chi connectivity index (χ1v) is 10.4. The van der Waals surface area contributed by atoms with Gasteiger partial charge in [-0.15, -0.1) is 11.3 Å². The first kappa shape index (κ1) is 18.7. The topological polar surface area (TPSA) is 52.6 Å². The van der Waals surface area contributed by atoms with Gasteiger partial charge in [-0.2, -0.15) is 0 Å². The van der Waals surface area contributed by atoms with Gasteiger partial charge < -0.3 is 15.5 Å². The lowest BCUT2D eigenvalue weighted by molar-refractivity contribution is 0.822. The summed E-state index contributed by atoms with van der Waals surface area (Å²) in [6, 6.07) is 8.66. The maximum atomic E-state index is 4.70. The van der Waals surface area contributed by atoms with Gasteiger partial charge in [-0.25, -0.2) is 9.98 Å². The van der Waals surface area contributed by atoms with E-state index in [4.69, 9.17) is 4.99 Å². The summed E-state index contributed by atoms with van der Waals surface area (Å²) in [5.41, 5.74) is 1.13. The Hall–Kier alpha value is -2.08. The lowest BCUT2D eigenvalue weighted by Gasteiger charge is -2.16. The molecule has 0 aromatic carbocycles. The van der Waals surface area contributed by atoms with Crippen molar-refractivity contribution in [3.05, 3.63) is 45.8 Å². The number of aromatic nitrogens is 1. The third-order valence-corrected chi connectivity index (χ3v) is 5.73. The predicted molar refractivity (Wildman–Crippen MR) is 111 cm³/mol. The Labute approximate surface area is 160 Å². The molecule has 0 unspecified atom stereocenters. The Bertz CT molecular complexity index is 701. The van der Waals surface area contributed by atoms with Gasteiger partial charge >= 0.3 is 0 Å². The molecule has 5 nitrogen and oxygen atoms in total. The second kappa shape index (κ2) is 9.57. The Morgan fingerprint density at radius 1 is 1.12 bits per heavy atom. The van der Waals surface area contributed by atoms with Gasteiger partial charge in [0, 0.05) is 35.6 Å². The molecule has 2 N–H and O–H groups in total. The van der Waals surface area contributed by atoms with Crippen molar-refractivity contribution in [1.29, 1.82) is 0 Å². The van der Waals surface area contributed by atoms with Gasteiger partial charge in [0.2, 0.25) is 0 Å². The Balaban J connectivity index is 1.55. The van der Waals surface area contributed by atoms with Gasteiger partial charge in [0.15, 0.2) is 5.96 Å². The first-order chi connectivity index (χ1) is 12.8. The van der Waals surface area contributed by atoms with Gasteiger partial charge in [-0.1, -0.05) is 13.0 Å². The molecular formula is C20H29N5S. The molecule has 0 spiro atoms. The second-order valence-electron chi connectivity index (χ2n) is 6.49. The van der Waals surface area contributed by atoms with Gasteiger partial charge in [-0.05, 0) is 49.9 Å². The maximum absolute atomic E-state index is 4.70. The zero-order chi connectivity index (χ0) is 18.2. The van der Waals surface area contributed by atoms with Crippen molar-refractivity contribution in [3.8, 4) is 0 Å². The summed E-state index contributed by atoms with van der Waals surface area (Å²) >= 11 is 1.86. The molecule has 6 heteroatoms. The molecule has 0 amide bonds. The maximum Gasteiger partial charge on any atom is 0.191 e. The predicted octanol–water partition coefficient (Wildman–Crippen LogP) is 3.56. The van der Waals surface area contributed by atoms with Crippen LogP contribution < -0.4 is 15.5 Å². The second-order valence-corrected chi connectivity index (χ2v) is 7.74. The largest absolute Gasteiger partial charge is 0.357 e. The average molecular weight is 372 g/mol. The summed E-state index contributed by atoms with van der Waals surface area (Å²) in [6.45, 7) is 8.82. The third kappa shape index (κ3) is 5.21. The summed E-state index contributed by atoms with van der Waals surface area (Å²) < 4.78 is 0. The smallest absolute Gasteiger partial charge is 0.191 e. The number of guanidine groups is 1. The molecule has 3 rings (SSSR count). The fraction of sp³-hybridized carbons (Fsp3) is 0.500. The van der Waals surface area contributed by atoms with Gasteiger partial charge in [0.25, 0.3) is 0 Å². The van der Waals surface area contributed by atoms with E-state index in [-0.39, 0.29) is 0 Å². The minimum Gasteiger partial charge on any atom is -0.357 e. The highest BCUT2D eigenvalue weighted by atomic mass is 32.1. The summed E-state index contributed by atoms with van der Waals surface area (Å²) in [7, 11) is 0. The number of thiophene rings is 1. The van der Waals surface area contributed by atoms with E-state index >= 15 is 0 Å². The standard InChI is InChI=1S/C20H29N5S/c1-3-17-8-9-18(26-17)15-24-20(21-4-2)23-14-16-7-10-19(22-13-16)25-11-5-6-12-25/h7-10,13H,3-6,11-12,14-15H2,1-2H3,(H2,21,23,24). The first-order valence-electron chi connectivity index (χ1n) is 9.58. The van der Waals surface area contributed by atoms with Gasteiger partial charge in [-0.3, -0.25) is 0 Å². The molecule has 1 aliphatic heterocycles. The zero-order valence-electron chi connectivity index (χ0n) is 15.8. The van der Waals surface area contributed by atoms with Crippen molar-refractivity contribution < 1.29 is 0 Å². The fourth-order valence-corrected chi connectivity index (χ4v) is 3.93. The van der Waals surface area contributed by atoms with E-state index in [9.17, 15) is 0 Å². The molecule has 1 aliphatic rings. The van der Waals surface area contributed by atoms with Crippen LogP contribution in [-0.2, 0) is 19.5 Å². The third-order valence-electron chi connectivity index (χ3n) is 4.50. The molecule has 2 aromatic rings. The highest BCUT2D eigenvalue weighted by Gasteiger charge is 2.12. The Morgan fingerprint density at radius 2 is 1.92 bits per heavy atom. The lowest BCUT2D eigenvalue weighted by atomic mass is 10.3. The zero-order valence-corrected chi connectivity index (χ0v) is 16.6. The molecule has 3 heterocycles. The van der Waals surface area contributed by atoms with Crippen LogP contribution in [0.15, 0.2) is 35.5 Å². The summed E-state index contributed by atoms with van der Waals surface area (Å²) in [5, 5.41) is 6.74. The molecule has 0 aliphatic carbocycles. The van der Waals surface area contributed by atoms with E-state index in [0.717, 1.165) is 49.9 Å². The number of pyridine rings is 1. The fourth-order valence-electron chi connectivity index (χ4n) is 3.03. The van der Waals surface area contributed by atoms with E-state index in [1.165, 1.54) is 22.6 Å². The number of hydrogen-bond donors (Lipinski definition) is 2. The minimum atomic E-state index is 0.632. The van der Waals surface area contributed by atoms with Crippen LogP contribution in [-0.4, -0.2) is 30.6 Å². The van der Waals surface area contributed by atoms with Crippen LogP contribution in [0.2, 0.25) is 0 Å². The number of rotatable bonds is 7. The van der Waals surface area contributed by atoms with Crippen molar-refractivity contribution in [1.82, 2.24) is 15.6 Å². The number of anilines is 1. The highest BCUT2D eigenvalue weighted by molar-refractivity contribution is 7.11. The number of aliphatic imine (C=N–C) groups is 1.